The molecule has 1 N–H and O–H groups in total. The molecule has 118 valence electrons. The molecule has 0 aliphatic carbocycles. The third-order valence-corrected chi connectivity index (χ3v) is 4.10. The Labute approximate surface area is 140 Å². The predicted octanol–water partition coefficient (Wildman–Crippen LogP) is 4.76. The Kier molecular flexibility index (Phi) is 3.50. The van der Waals surface area contributed by atoms with Crippen LogP contribution in [0.25, 0.3) is 17.0 Å². The summed E-state index contributed by atoms with van der Waals surface area (Å²) in [5.74, 6) is 1.61. The third-order valence-electron chi connectivity index (χ3n) is 4.10. The van der Waals surface area contributed by atoms with Crippen molar-refractivity contribution in [3.63, 3.8) is 0 Å². The summed E-state index contributed by atoms with van der Waals surface area (Å²) >= 11 is 0. The van der Waals surface area contributed by atoms with E-state index in [0.29, 0.717) is 5.78 Å². The van der Waals surface area contributed by atoms with E-state index in [-0.39, 0.29) is 0 Å². The van der Waals surface area contributed by atoms with E-state index in [1.54, 1.807) is 6.20 Å². The number of fused-ring (bicyclic) bond motifs is 1. The predicted molar refractivity (Wildman–Crippen MR) is 97.6 cm³/mol. The Morgan fingerprint density at radius 1 is 0.958 bits per heavy atom. The largest absolute Gasteiger partial charge is 0.339 e. The molecule has 2 aromatic carbocycles. The average Bonchev–Trinajstić information content (AvgIpc) is 2.98. The van der Waals surface area contributed by atoms with Crippen LogP contribution < -0.4 is 5.32 Å². The maximum atomic E-state index is 4.72. The van der Waals surface area contributed by atoms with Crippen molar-refractivity contribution in [1.29, 1.82) is 0 Å². The SMILES string of the molecule is Cc1ccc(C)c(Nc2c(-c3ccccc3)nc3ncccn23)c1. The van der Waals surface area contributed by atoms with Crippen molar-refractivity contribution in [2.45, 2.75) is 13.8 Å². The number of nitrogens with zero attached hydrogens (tertiary/aromatic N) is 3. The maximum absolute atomic E-state index is 4.72. The first-order valence-electron chi connectivity index (χ1n) is 7.95. The van der Waals surface area contributed by atoms with Gasteiger partial charge in [0, 0.05) is 23.6 Å². The van der Waals surface area contributed by atoms with Crippen LogP contribution in [0.5, 0.6) is 0 Å². The fraction of sp³-hybridized carbons (Fsp3) is 0.100. The summed E-state index contributed by atoms with van der Waals surface area (Å²) in [5, 5.41) is 3.56. The van der Waals surface area contributed by atoms with Crippen LogP contribution in [0.3, 0.4) is 0 Å². The van der Waals surface area contributed by atoms with E-state index in [9.17, 15) is 0 Å². The Morgan fingerprint density at radius 2 is 1.79 bits per heavy atom. The summed E-state index contributed by atoms with van der Waals surface area (Å²) in [6.45, 7) is 4.20. The van der Waals surface area contributed by atoms with Crippen LogP contribution >= 0.6 is 0 Å². The molecule has 0 fully saturated rings. The molecule has 4 nitrogen and oxygen atoms in total. The normalized spacial score (nSPS) is 10.9. The molecule has 0 spiro atoms. The van der Waals surface area contributed by atoms with Gasteiger partial charge in [-0.3, -0.25) is 4.40 Å². The number of imidazole rings is 1. The van der Waals surface area contributed by atoms with Gasteiger partial charge in [0.1, 0.15) is 11.5 Å². The monoisotopic (exact) mass is 314 g/mol. The highest BCUT2D eigenvalue weighted by Gasteiger charge is 2.15. The van der Waals surface area contributed by atoms with Crippen molar-refractivity contribution in [2.24, 2.45) is 0 Å². The lowest BCUT2D eigenvalue weighted by molar-refractivity contribution is 1.11. The lowest BCUT2D eigenvalue weighted by Gasteiger charge is -2.12. The van der Waals surface area contributed by atoms with Gasteiger partial charge in [0.2, 0.25) is 5.78 Å². The van der Waals surface area contributed by atoms with E-state index in [2.05, 4.69) is 54.5 Å². The first-order chi connectivity index (χ1) is 11.7. The quantitative estimate of drug-likeness (QED) is 0.593. The van der Waals surface area contributed by atoms with Crippen molar-refractivity contribution in [3.8, 4) is 11.3 Å². The molecule has 4 aromatic rings. The topological polar surface area (TPSA) is 42.2 Å². The van der Waals surface area contributed by atoms with Gasteiger partial charge < -0.3 is 5.32 Å². The van der Waals surface area contributed by atoms with Crippen molar-refractivity contribution < 1.29 is 0 Å². The van der Waals surface area contributed by atoms with Gasteiger partial charge in [-0.25, -0.2) is 9.97 Å². The minimum Gasteiger partial charge on any atom is -0.339 e. The van der Waals surface area contributed by atoms with E-state index < -0.39 is 0 Å². The summed E-state index contributed by atoms with van der Waals surface area (Å²) in [6, 6.07) is 18.5. The molecular formula is C20H18N4. The number of anilines is 2. The minimum atomic E-state index is 0.684. The number of hydrogen-bond donors (Lipinski definition) is 1. The maximum Gasteiger partial charge on any atom is 0.235 e. The van der Waals surface area contributed by atoms with Gasteiger partial charge in [0.15, 0.2) is 0 Å². The van der Waals surface area contributed by atoms with Crippen molar-refractivity contribution >= 4 is 17.3 Å². The molecule has 0 unspecified atom stereocenters. The number of aromatic nitrogens is 3. The summed E-state index contributed by atoms with van der Waals surface area (Å²) in [5.41, 5.74) is 5.46. The van der Waals surface area contributed by atoms with E-state index in [1.165, 1.54) is 11.1 Å². The molecule has 0 aliphatic rings. The van der Waals surface area contributed by atoms with Crippen LogP contribution in [0.15, 0.2) is 67.0 Å². The minimum absolute atomic E-state index is 0.684. The van der Waals surface area contributed by atoms with Crippen LogP contribution in [-0.4, -0.2) is 14.4 Å². The molecule has 4 heteroatoms. The molecular weight excluding hydrogens is 296 g/mol. The highest BCUT2D eigenvalue weighted by atomic mass is 15.2. The van der Waals surface area contributed by atoms with Crippen LogP contribution in [0.2, 0.25) is 0 Å². The Bertz CT molecular complexity index is 1000. The highest BCUT2D eigenvalue weighted by Crippen LogP contribution is 2.31. The summed E-state index contributed by atoms with van der Waals surface area (Å²) < 4.78 is 1.99. The van der Waals surface area contributed by atoms with Gasteiger partial charge in [-0.15, -0.1) is 0 Å². The van der Waals surface area contributed by atoms with Gasteiger partial charge in [0.05, 0.1) is 0 Å². The molecule has 0 amide bonds. The lowest BCUT2D eigenvalue weighted by Crippen LogP contribution is -1.99. The fourth-order valence-corrected chi connectivity index (χ4v) is 2.80. The van der Waals surface area contributed by atoms with Gasteiger partial charge in [-0.05, 0) is 37.1 Å². The second kappa shape index (κ2) is 5.81. The molecule has 0 atom stereocenters. The fourth-order valence-electron chi connectivity index (χ4n) is 2.80. The summed E-state index contributed by atoms with van der Waals surface area (Å²) in [6.07, 6.45) is 3.74. The smallest absolute Gasteiger partial charge is 0.235 e. The van der Waals surface area contributed by atoms with Crippen molar-refractivity contribution in [1.82, 2.24) is 14.4 Å². The van der Waals surface area contributed by atoms with Gasteiger partial charge in [0.25, 0.3) is 0 Å². The van der Waals surface area contributed by atoms with E-state index >= 15 is 0 Å². The Morgan fingerprint density at radius 3 is 2.62 bits per heavy atom. The summed E-state index contributed by atoms with van der Waals surface area (Å²) in [4.78, 5) is 9.10. The van der Waals surface area contributed by atoms with E-state index in [0.717, 1.165) is 22.8 Å². The van der Waals surface area contributed by atoms with Crippen molar-refractivity contribution in [2.75, 3.05) is 5.32 Å². The summed E-state index contributed by atoms with van der Waals surface area (Å²) in [7, 11) is 0. The molecule has 24 heavy (non-hydrogen) atoms. The van der Waals surface area contributed by atoms with Crippen LogP contribution in [0, 0.1) is 13.8 Å². The zero-order valence-corrected chi connectivity index (χ0v) is 13.7. The van der Waals surface area contributed by atoms with Gasteiger partial charge >= 0.3 is 0 Å². The number of rotatable bonds is 3. The zero-order valence-electron chi connectivity index (χ0n) is 13.7. The lowest BCUT2D eigenvalue weighted by atomic mass is 10.1. The van der Waals surface area contributed by atoms with Crippen LogP contribution in [0.1, 0.15) is 11.1 Å². The molecule has 0 bridgehead atoms. The molecule has 0 aliphatic heterocycles. The second-order valence-corrected chi connectivity index (χ2v) is 5.91. The average molecular weight is 314 g/mol. The van der Waals surface area contributed by atoms with Gasteiger partial charge in [-0.2, -0.15) is 0 Å². The van der Waals surface area contributed by atoms with E-state index in [1.807, 2.05) is 34.9 Å². The van der Waals surface area contributed by atoms with E-state index in [4.69, 9.17) is 4.98 Å². The number of aryl methyl sites for hydroxylation is 2. The zero-order chi connectivity index (χ0) is 16.5. The Balaban J connectivity index is 1.91. The standard InChI is InChI=1S/C20H18N4/c1-14-9-10-15(2)17(13-14)22-19-18(16-7-4-3-5-8-16)23-20-21-11-6-12-24(19)20/h3-13,22H,1-2H3. The first-order valence-corrected chi connectivity index (χ1v) is 7.95. The molecule has 0 radical (unpaired) electrons. The molecule has 0 saturated heterocycles. The second-order valence-electron chi connectivity index (χ2n) is 5.91. The first kappa shape index (κ1) is 14.5. The molecule has 2 aromatic heterocycles. The van der Waals surface area contributed by atoms with Crippen LogP contribution in [0.4, 0.5) is 11.5 Å². The Hall–Kier alpha value is -3.14. The van der Waals surface area contributed by atoms with Gasteiger partial charge in [-0.1, -0.05) is 42.5 Å². The number of benzene rings is 2. The molecule has 2 heterocycles. The molecule has 4 rings (SSSR count). The number of hydrogen-bond acceptors (Lipinski definition) is 3. The highest BCUT2D eigenvalue weighted by molar-refractivity contribution is 5.79. The number of nitrogens with one attached hydrogen (secondary N) is 1. The van der Waals surface area contributed by atoms with Crippen LogP contribution in [-0.2, 0) is 0 Å². The molecule has 0 saturated carbocycles. The third kappa shape index (κ3) is 2.52. The van der Waals surface area contributed by atoms with Crippen molar-refractivity contribution in [3.05, 3.63) is 78.1 Å².